The minimum absolute atomic E-state index is 0.597. The fourth-order valence-electron chi connectivity index (χ4n) is 2.32. The van der Waals surface area contributed by atoms with E-state index < -0.39 is 0 Å². The fraction of sp³-hybridized carbons (Fsp3) is 0.333. The van der Waals surface area contributed by atoms with Crippen LogP contribution in [0.1, 0.15) is 32.3 Å². The van der Waals surface area contributed by atoms with Gasteiger partial charge in [-0.15, -0.1) is 0 Å². The normalized spacial score (nSPS) is 11.0. The number of rotatable bonds is 9. The van der Waals surface area contributed by atoms with Crippen molar-refractivity contribution in [1.29, 1.82) is 0 Å². The number of hydrogen-bond acceptors (Lipinski definition) is 2. The Kier molecular flexibility index (Phi) is 7.41. The molecule has 0 spiro atoms. The molecule has 0 aliphatic carbocycles. The van der Waals surface area contributed by atoms with E-state index in [0.717, 1.165) is 25.2 Å². The van der Waals surface area contributed by atoms with Crippen LogP contribution in [0, 0.1) is 0 Å². The van der Waals surface area contributed by atoms with Gasteiger partial charge in [0.2, 0.25) is 0 Å². The zero-order valence-corrected chi connectivity index (χ0v) is 14.1. The summed E-state index contributed by atoms with van der Waals surface area (Å²) in [5.74, 6) is 0.887. The van der Waals surface area contributed by atoms with Crippen molar-refractivity contribution in [3.8, 4) is 16.9 Å². The second-order valence-electron chi connectivity index (χ2n) is 5.46. The second kappa shape index (κ2) is 9.86. The SMILES string of the molecule is C/C=C/c1cccc(-c2ccc(OCCOCCCC)cc2)c1. The molecule has 0 aromatic heterocycles. The number of allylic oxidation sites excluding steroid dienone is 1. The maximum absolute atomic E-state index is 5.70. The summed E-state index contributed by atoms with van der Waals surface area (Å²) in [5.41, 5.74) is 3.63. The van der Waals surface area contributed by atoms with Gasteiger partial charge in [-0.25, -0.2) is 0 Å². The molecule has 0 amide bonds. The lowest BCUT2D eigenvalue weighted by Crippen LogP contribution is -2.07. The van der Waals surface area contributed by atoms with Crippen molar-refractivity contribution in [3.05, 3.63) is 60.2 Å². The third kappa shape index (κ3) is 5.91. The number of benzene rings is 2. The molecule has 0 bridgehead atoms. The molecule has 23 heavy (non-hydrogen) atoms. The van der Waals surface area contributed by atoms with Gasteiger partial charge in [-0.1, -0.05) is 55.8 Å². The maximum atomic E-state index is 5.70. The summed E-state index contributed by atoms with van der Waals surface area (Å²) < 4.78 is 11.2. The molecule has 0 aliphatic heterocycles. The average Bonchev–Trinajstić information content (AvgIpc) is 2.59. The molecule has 2 nitrogen and oxygen atoms in total. The molecular weight excluding hydrogens is 284 g/mol. The maximum Gasteiger partial charge on any atom is 0.119 e. The quantitative estimate of drug-likeness (QED) is 0.563. The average molecular weight is 310 g/mol. The zero-order chi connectivity index (χ0) is 16.3. The van der Waals surface area contributed by atoms with Crippen molar-refractivity contribution in [2.24, 2.45) is 0 Å². The molecule has 0 saturated heterocycles. The van der Waals surface area contributed by atoms with Crippen LogP contribution in [-0.2, 0) is 4.74 Å². The van der Waals surface area contributed by atoms with E-state index in [1.807, 2.05) is 19.1 Å². The Labute approximate surface area is 139 Å². The van der Waals surface area contributed by atoms with E-state index in [1.54, 1.807) is 0 Å². The van der Waals surface area contributed by atoms with E-state index in [2.05, 4.69) is 55.5 Å². The van der Waals surface area contributed by atoms with E-state index in [-0.39, 0.29) is 0 Å². The lowest BCUT2D eigenvalue weighted by molar-refractivity contribution is 0.0981. The first-order valence-corrected chi connectivity index (χ1v) is 8.37. The third-order valence-electron chi connectivity index (χ3n) is 3.57. The van der Waals surface area contributed by atoms with Crippen LogP contribution in [0.4, 0.5) is 0 Å². The first-order valence-electron chi connectivity index (χ1n) is 8.37. The molecule has 0 N–H and O–H groups in total. The lowest BCUT2D eigenvalue weighted by Gasteiger charge is -2.08. The van der Waals surface area contributed by atoms with Crippen molar-refractivity contribution >= 4 is 6.08 Å². The van der Waals surface area contributed by atoms with Crippen molar-refractivity contribution in [1.82, 2.24) is 0 Å². The standard InChI is InChI=1S/C21H26O2/c1-3-5-14-22-15-16-23-21-12-10-19(11-13-21)20-9-6-8-18(17-20)7-4-2/h4,6-13,17H,3,5,14-16H2,1-2H3/b7-4+. The van der Waals surface area contributed by atoms with Gasteiger partial charge in [-0.05, 0) is 48.2 Å². The highest BCUT2D eigenvalue weighted by atomic mass is 16.5. The van der Waals surface area contributed by atoms with Crippen LogP contribution in [-0.4, -0.2) is 19.8 Å². The van der Waals surface area contributed by atoms with Crippen molar-refractivity contribution in [3.63, 3.8) is 0 Å². The van der Waals surface area contributed by atoms with Crippen LogP contribution >= 0.6 is 0 Å². The lowest BCUT2D eigenvalue weighted by atomic mass is 10.0. The molecule has 2 heteroatoms. The molecule has 0 saturated carbocycles. The van der Waals surface area contributed by atoms with Crippen LogP contribution < -0.4 is 4.74 Å². The Hall–Kier alpha value is -2.06. The molecule has 0 radical (unpaired) electrons. The Morgan fingerprint density at radius 1 is 0.913 bits per heavy atom. The van der Waals surface area contributed by atoms with E-state index in [4.69, 9.17) is 9.47 Å². The number of unbranched alkanes of at least 4 members (excludes halogenated alkanes) is 1. The second-order valence-corrected chi connectivity index (χ2v) is 5.46. The van der Waals surface area contributed by atoms with Crippen LogP contribution in [0.25, 0.3) is 17.2 Å². The Morgan fingerprint density at radius 2 is 1.74 bits per heavy atom. The van der Waals surface area contributed by atoms with E-state index in [9.17, 15) is 0 Å². The molecule has 0 fully saturated rings. The molecule has 0 atom stereocenters. The van der Waals surface area contributed by atoms with E-state index in [1.165, 1.54) is 16.7 Å². The van der Waals surface area contributed by atoms with Gasteiger partial charge in [0.05, 0.1) is 6.61 Å². The van der Waals surface area contributed by atoms with Gasteiger partial charge in [0.25, 0.3) is 0 Å². The Bertz CT molecular complexity index is 599. The van der Waals surface area contributed by atoms with Crippen molar-refractivity contribution < 1.29 is 9.47 Å². The van der Waals surface area contributed by atoms with Crippen LogP contribution in [0.5, 0.6) is 5.75 Å². The molecule has 2 rings (SSSR count). The highest BCUT2D eigenvalue weighted by molar-refractivity contribution is 5.67. The largest absolute Gasteiger partial charge is 0.491 e. The summed E-state index contributed by atoms with van der Waals surface area (Å²) in [5, 5.41) is 0. The molecule has 0 heterocycles. The molecule has 122 valence electrons. The highest BCUT2D eigenvalue weighted by Gasteiger charge is 2.00. The van der Waals surface area contributed by atoms with Gasteiger partial charge in [-0.3, -0.25) is 0 Å². The van der Waals surface area contributed by atoms with Gasteiger partial charge < -0.3 is 9.47 Å². The number of hydrogen-bond donors (Lipinski definition) is 0. The van der Waals surface area contributed by atoms with Gasteiger partial charge >= 0.3 is 0 Å². The predicted octanol–water partition coefficient (Wildman–Crippen LogP) is 5.58. The highest BCUT2D eigenvalue weighted by Crippen LogP contribution is 2.23. The zero-order valence-electron chi connectivity index (χ0n) is 14.1. The van der Waals surface area contributed by atoms with Gasteiger partial charge in [0.1, 0.15) is 12.4 Å². The van der Waals surface area contributed by atoms with Crippen LogP contribution in [0.3, 0.4) is 0 Å². The van der Waals surface area contributed by atoms with Crippen molar-refractivity contribution in [2.45, 2.75) is 26.7 Å². The molecule has 2 aromatic carbocycles. The molecule has 0 unspecified atom stereocenters. The predicted molar refractivity (Wildman–Crippen MR) is 97.8 cm³/mol. The minimum Gasteiger partial charge on any atom is -0.491 e. The number of ether oxygens (including phenoxy) is 2. The summed E-state index contributed by atoms with van der Waals surface area (Å²) in [4.78, 5) is 0. The van der Waals surface area contributed by atoms with Gasteiger partial charge in [0.15, 0.2) is 0 Å². The van der Waals surface area contributed by atoms with Gasteiger partial charge in [-0.2, -0.15) is 0 Å². The summed E-state index contributed by atoms with van der Waals surface area (Å²) in [7, 11) is 0. The summed E-state index contributed by atoms with van der Waals surface area (Å²) in [6.45, 7) is 6.26. The summed E-state index contributed by atoms with van der Waals surface area (Å²) in [6.07, 6.45) is 6.44. The van der Waals surface area contributed by atoms with Crippen LogP contribution in [0.15, 0.2) is 54.6 Å². The minimum atomic E-state index is 0.597. The summed E-state index contributed by atoms with van der Waals surface area (Å²) in [6, 6.07) is 16.8. The molecular formula is C21H26O2. The topological polar surface area (TPSA) is 18.5 Å². The first-order chi connectivity index (χ1) is 11.3. The van der Waals surface area contributed by atoms with Gasteiger partial charge in [0, 0.05) is 6.61 Å². The molecule has 2 aromatic rings. The van der Waals surface area contributed by atoms with Crippen LogP contribution in [0.2, 0.25) is 0 Å². The van der Waals surface area contributed by atoms with E-state index >= 15 is 0 Å². The third-order valence-corrected chi connectivity index (χ3v) is 3.57. The Morgan fingerprint density at radius 3 is 2.48 bits per heavy atom. The van der Waals surface area contributed by atoms with E-state index in [0.29, 0.717) is 13.2 Å². The summed E-state index contributed by atoms with van der Waals surface area (Å²) >= 11 is 0. The Balaban J connectivity index is 1.88. The van der Waals surface area contributed by atoms with Crippen molar-refractivity contribution in [2.75, 3.05) is 19.8 Å². The first kappa shape index (κ1) is 17.3. The monoisotopic (exact) mass is 310 g/mol. The fourth-order valence-corrected chi connectivity index (χ4v) is 2.32. The molecule has 0 aliphatic rings. The smallest absolute Gasteiger partial charge is 0.119 e.